The van der Waals surface area contributed by atoms with Crippen molar-refractivity contribution in [2.24, 2.45) is 0 Å². The molecule has 3 aromatic rings. The highest BCUT2D eigenvalue weighted by Gasteiger charge is 2.13. The van der Waals surface area contributed by atoms with Crippen molar-refractivity contribution in [1.82, 2.24) is 0 Å². The van der Waals surface area contributed by atoms with Crippen LogP contribution in [0.3, 0.4) is 0 Å². The molecule has 3 rings (SSSR count). The first-order chi connectivity index (χ1) is 14.0. The molecule has 0 fully saturated rings. The van der Waals surface area contributed by atoms with Gasteiger partial charge in [0.25, 0.3) is 0 Å². The second-order valence-electron chi connectivity index (χ2n) is 7.17. The van der Waals surface area contributed by atoms with Crippen LogP contribution in [0.15, 0.2) is 78.9 Å². The SMILES string of the molecule is CCC(=C(c1ccc(C=CC(=O)O)cc1)c1ccc(C)c(C)c1)c1ccccc1. The lowest BCUT2D eigenvalue weighted by atomic mass is 9.87. The molecule has 146 valence electrons. The molecule has 29 heavy (non-hydrogen) atoms. The van der Waals surface area contributed by atoms with Gasteiger partial charge in [-0.15, -0.1) is 0 Å². The van der Waals surface area contributed by atoms with Crippen LogP contribution in [-0.4, -0.2) is 11.1 Å². The third-order valence-electron chi connectivity index (χ3n) is 5.19. The van der Waals surface area contributed by atoms with Crippen LogP contribution in [0.2, 0.25) is 0 Å². The average molecular weight is 383 g/mol. The van der Waals surface area contributed by atoms with E-state index in [0.29, 0.717) is 0 Å². The second kappa shape index (κ2) is 9.20. The first-order valence-electron chi connectivity index (χ1n) is 9.87. The normalized spacial score (nSPS) is 12.1. The van der Waals surface area contributed by atoms with Crippen molar-refractivity contribution in [2.45, 2.75) is 27.2 Å². The van der Waals surface area contributed by atoms with Crippen LogP contribution in [0.1, 0.15) is 46.7 Å². The van der Waals surface area contributed by atoms with Gasteiger partial charge in [0.1, 0.15) is 0 Å². The molecule has 0 saturated carbocycles. The van der Waals surface area contributed by atoms with Gasteiger partial charge in [-0.1, -0.05) is 79.7 Å². The topological polar surface area (TPSA) is 37.3 Å². The smallest absolute Gasteiger partial charge is 0.328 e. The molecular weight excluding hydrogens is 356 g/mol. The minimum absolute atomic E-state index is 0.869. The molecule has 0 saturated heterocycles. The quantitative estimate of drug-likeness (QED) is 0.377. The first kappa shape index (κ1) is 20.3. The summed E-state index contributed by atoms with van der Waals surface area (Å²) in [6, 6.07) is 25.2. The number of carbonyl (C=O) groups is 1. The van der Waals surface area contributed by atoms with Crippen molar-refractivity contribution >= 4 is 23.2 Å². The van der Waals surface area contributed by atoms with Crippen molar-refractivity contribution in [1.29, 1.82) is 0 Å². The lowest BCUT2D eigenvalue weighted by molar-refractivity contribution is -0.131. The average Bonchev–Trinajstić information content (AvgIpc) is 2.73. The molecule has 0 radical (unpaired) electrons. The monoisotopic (exact) mass is 382 g/mol. The molecule has 0 amide bonds. The number of aryl methyl sites for hydroxylation is 2. The van der Waals surface area contributed by atoms with Gasteiger partial charge >= 0.3 is 5.97 Å². The summed E-state index contributed by atoms with van der Waals surface area (Å²) in [6.45, 7) is 6.46. The third kappa shape index (κ3) is 4.91. The van der Waals surface area contributed by atoms with Crippen LogP contribution in [0, 0.1) is 13.8 Å². The Morgan fingerprint density at radius 3 is 2.07 bits per heavy atom. The number of rotatable bonds is 6. The van der Waals surface area contributed by atoms with Crippen LogP contribution in [0.4, 0.5) is 0 Å². The predicted molar refractivity (Wildman–Crippen MR) is 122 cm³/mol. The largest absolute Gasteiger partial charge is 0.478 e. The molecule has 2 nitrogen and oxygen atoms in total. The van der Waals surface area contributed by atoms with E-state index in [2.05, 4.69) is 75.4 Å². The van der Waals surface area contributed by atoms with E-state index in [-0.39, 0.29) is 0 Å². The van der Waals surface area contributed by atoms with E-state index in [0.717, 1.165) is 23.6 Å². The fourth-order valence-corrected chi connectivity index (χ4v) is 3.51. The summed E-state index contributed by atoms with van der Waals surface area (Å²) in [5.74, 6) is -0.942. The first-order valence-corrected chi connectivity index (χ1v) is 9.87. The molecule has 0 aromatic heterocycles. The van der Waals surface area contributed by atoms with Crippen molar-refractivity contribution in [3.05, 3.63) is 112 Å². The maximum absolute atomic E-state index is 10.8. The van der Waals surface area contributed by atoms with Gasteiger partial charge < -0.3 is 5.11 Å². The minimum Gasteiger partial charge on any atom is -0.478 e. The molecule has 0 aliphatic rings. The van der Waals surface area contributed by atoms with Gasteiger partial charge in [0.05, 0.1) is 0 Å². The zero-order valence-corrected chi connectivity index (χ0v) is 17.1. The van der Waals surface area contributed by atoms with Gasteiger partial charge in [0.2, 0.25) is 0 Å². The van der Waals surface area contributed by atoms with E-state index >= 15 is 0 Å². The molecule has 0 bridgehead atoms. The summed E-state index contributed by atoms with van der Waals surface area (Å²) in [6.07, 6.45) is 3.69. The lowest BCUT2D eigenvalue weighted by Crippen LogP contribution is -1.96. The Bertz CT molecular complexity index is 1060. The van der Waals surface area contributed by atoms with Crippen molar-refractivity contribution < 1.29 is 9.90 Å². The lowest BCUT2D eigenvalue weighted by Gasteiger charge is -2.17. The third-order valence-corrected chi connectivity index (χ3v) is 5.19. The highest BCUT2D eigenvalue weighted by atomic mass is 16.4. The maximum Gasteiger partial charge on any atom is 0.328 e. The molecule has 2 heteroatoms. The number of benzene rings is 3. The Morgan fingerprint density at radius 1 is 0.828 bits per heavy atom. The molecule has 0 unspecified atom stereocenters. The van der Waals surface area contributed by atoms with Crippen LogP contribution >= 0.6 is 0 Å². The molecule has 3 aromatic carbocycles. The van der Waals surface area contributed by atoms with E-state index in [1.165, 1.54) is 33.4 Å². The van der Waals surface area contributed by atoms with Crippen molar-refractivity contribution in [3.63, 3.8) is 0 Å². The van der Waals surface area contributed by atoms with Gasteiger partial charge in [-0.2, -0.15) is 0 Å². The molecule has 0 atom stereocenters. The molecule has 0 aliphatic heterocycles. The number of allylic oxidation sites excluding steroid dienone is 1. The number of aliphatic carboxylic acids is 1. The molecule has 0 heterocycles. The Hall–Kier alpha value is -3.39. The zero-order valence-electron chi connectivity index (χ0n) is 17.1. The molecule has 0 aliphatic carbocycles. The van der Waals surface area contributed by atoms with Crippen molar-refractivity contribution in [2.75, 3.05) is 0 Å². The van der Waals surface area contributed by atoms with E-state index < -0.39 is 5.97 Å². The van der Waals surface area contributed by atoms with Gasteiger partial charge in [-0.05, 0) is 70.9 Å². The Kier molecular flexibility index (Phi) is 6.46. The van der Waals surface area contributed by atoms with Gasteiger partial charge in [-0.25, -0.2) is 4.79 Å². The minimum atomic E-state index is -0.942. The molecule has 0 spiro atoms. The van der Waals surface area contributed by atoms with E-state index in [1.807, 2.05) is 18.2 Å². The summed E-state index contributed by atoms with van der Waals surface area (Å²) in [5, 5.41) is 8.85. The number of hydrogen-bond donors (Lipinski definition) is 1. The fourth-order valence-electron chi connectivity index (χ4n) is 3.51. The van der Waals surface area contributed by atoms with Gasteiger partial charge in [-0.3, -0.25) is 0 Å². The van der Waals surface area contributed by atoms with Crippen molar-refractivity contribution in [3.8, 4) is 0 Å². The van der Waals surface area contributed by atoms with Crippen LogP contribution in [-0.2, 0) is 4.79 Å². The Balaban J connectivity index is 2.19. The second-order valence-corrected chi connectivity index (χ2v) is 7.17. The fraction of sp³-hybridized carbons (Fsp3) is 0.148. The summed E-state index contributed by atoms with van der Waals surface area (Å²) in [5.41, 5.74) is 9.47. The summed E-state index contributed by atoms with van der Waals surface area (Å²) < 4.78 is 0. The van der Waals surface area contributed by atoms with Crippen LogP contribution < -0.4 is 0 Å². The Labute approximate surface area is 172 Å². The van der Waals surface area contributed by atoms with E-state index in [1.54, 1.807) is 6.08 Å². The maximum atomic E-state index is 10.8. The van der Waals surface area contributed by atoms with Crippen LogP contribution in [0.5, 0.6) is 0 Å². The number of hydrogen-bond acceptors (Lipinski definition) is 1. The summed E-state index contributed by atoms with van der Waals surface area (Å²) in [7, 11) is 0. The standard InChI is InChI=1S/C27H26O2/c1-4-25(22-8-6-5-7-9-22)27(24-14-10-19(2)20(3)18-24)23-15-11-21(12-16-23)13-17-26(28)29/h5-18H,4H2,1-3H3,(H,28,29). The highest BCUT2D eigenvalue weighted by Crippen LogP contribution is 2.35. The number of carboxylic acids is 1. The van der Waals surface area contributed by atoms with Gasteiger partial charge in [0, 0.05) is 6.08 Å². The number of carboxylic acid groups (broad SMARTS) is 1. The predicted octanol–water partition coefficient (Wildman–Crippen LogP) is 6.77. The van der Waals surface area contributed by atoms with E-state index in [9.17, 15) is 4.79 Å². The molecular formula is C27H26O2. The summed E-state index contributed by atoms with van der Waals surface area (Å²) >= 11 is 0. The Morgan fingerprint density at radius 2 is 1.48 bits per heavy atom. The van der Waals surface area contributed by atoms with Gasteiger partial charge in [0.15, 0.2) is 0 Å². The van der Waals surface area contributed by atoms with E-state index in [4.69, 9.17) is 5.11 Å². The molecule has 1 N–H and O–H groups in total. The van der Waals surface area contributed by atoms with Crippen LogP contribution in [0.25, 0.3) is 17.2 Å². The summed E-state index contributed by atoms with van der Waals surface area (Å²) in [4.78, 5) is 10.8. The highest BCUT2D eigenvalue weighted by molar-refractivity contribution is 5.98. The zero-order chi connectivity index (χ0) is 20.8.